The zero-order valence-corrected chi connectivity index (χ0v) is 16.0. The van der Waals surface area contributed by atoms with Crippen molar-refractivity contribution in [1.29, 1.82) is 0 Å². The van der Waals surface area contributed by atoms with E-state index >= 15 is 0 Å². The Morgan fingerprint density at radius 1 is 1.14 bits per heavy atom. The van der Waals surface area contributed by atoms with Gasteiger partial charge in [0.1, 0.15) is 17.2 Å². The number of benzene rings is 2. The molecular formula is C20H17ClN4O4. The number of phenols is 1. The highest BCUT2D eigenvalue weighted by molar-refractivity contribution is 6.32. The number of phenolic OH excluding ortho intramolecular Hbond substituents is 1. The van der Waals surface area contributed by atoms with E-state index in [0.717, 1.165) is 0 Å². The molecule has 0 saturated carbocycles. The van der Waals surface area contributed by atoms with Gasteiger partial charge in [-0.05, 0) is 48.5 Å². The Kier molecular flexibility index (Phi) is 6.16. The standard InChI is InChI=1S/C20H17ClN4O4/c1-29-15-5-3-14(4-6-15)24-20(28)17-8-12(10-22-17)11-23-25-19(27)13-2-7-18(26)16(21)9-13/h2-11,22,26H,1H3,(H,24,28)(H,25,27). The predicted molar refractivity (Wildman–Crippen MR) is 110 cm³/mol. The number of halogens is 1. The number of anilines is 1. The van der Waals surface area contributed by atoms with Crippen LogP contribution in [0.2, 0.25) is 5.02 Å². The molecule has 9 heteroatoms. The van der Waals surface area contributed by atoms with Crippen LogP contribution in [0.1, 0.15) is 26.4 Å². The van der Waals surface area contributed by atoms with Crippen LogP contribution in [0.25, 0.3) is 0 Å². The van der Waals surface area contributed by atoms with Gasteiger partial charge in [-0.3, -0.25) is 9.59 Å². The number of rotatable bonds is 6. The quantitative estimate of drug-likeness (QED) is 0.366. The van der Waals surface area contributed by atoms with Gasteiger partial charge in [0, 0.05) is 23.0 Å². The molecule has 4 N–H and O–H groups in total. The number of carbonyl (C=O) groups is 2. The summed E-state index contributed by atoms with van der Waals surface area (Å²) in [5.74, 6) is -0.230. The minimum atomic E-state index is -0.490. The molecule has 0 fully saturated rings. The molecule has 0 aliphatic carbocycles. The maximum Gasteiger partial charge on any atom is 0.272 e. The first-order valence-corrected chi connectivity index (χ1v) is 8.80. The average Bonchev–Trinajstić information content (AvgIpc) is 3.19. The van der Waals surface area contributed by atoms with Gasteiger partial charge in [0.15, 0.2) is 0 Å². The van der Waals surface area contributed by atoms with Crippen molar-refractivity contribution in [2.75, 3.05) is 12.4 Å². The number of hydrogen-bond donors (Lipinski definition) is 4. The minimum absolute atomic E-state index is 0.0692. The molecule has 0 atom stereocenters. The maximum atomic E-state index is 12.3. The van der Waals surface area contributed by atoms with Gasteiger partial charge < -0.3 is 20.1 Å². The molecule has 1 heterocycles. The van der Waals surface area contributed by atoms with E-state index in [-0.39, 0.29) is 22.2 Å². The Labute approximate surface area is 171 Å². The minimum Gasteiger partial charge on any atom is -0.506 e. The fraction of sp³-hybridized carbons (Fsp3) is 0.0500. The Hall–Kier alpha value is -3.78. The number of aromatic nitrogens is 1. The Morgan fingerprint density at radius 2 is 1.90 bits per heavy atom. The normalized spacial score (nSPS) is 10.7. The van der Waals surface area contributed by atoms with Gasteiger partial charge in [0.05, 0.1) is 18.3 Å². The molecule has 2 amide bonds. The van der Waals surface area contributed by atoms with E-state index in [1.165, 1.54) is 24.4 Å². The zero-order valence-electron chi connectivity index (χ0n) is 15.3. The van der Waals surface area contributed by atoms with E-state index in [1.807, 2.05) is 0 Å². The van der Waals surface area contributed by atoms with Gasteiger partial charge in [0.25, 0.3) is 11.8 Å². The topological polar surface area (TPSA) is 116 Å². The molecule has 3 aromatic rings. The SMILES string of the molecule is COc1ccc(NC(=O)c2cc(C=NNC(=O)c3ccc(O)c(Cl)c3)c[nH]2)cc1. The van der Waals surface area contributed by atoms with Crippen LogP contribution in [-0.2, 0) is 0 Å². The summed E-state index contributed by atoms with van der Waals surface area (Å²) in [5, 5.41) is 16.1. The Morgan fingerprint density at radius 3 is 2.59 bits per heavy atom. The molecule has 29 heavy (non-hydrogen) atoms. The van der Waals surface area contributed by atoms with Crippen LogP contribution in [0.3, 0.4) is 0 Å². The highest BCUT2D eigenvalue weighted by Crippen LogP contribution is 2.23. The lowest BCUT2D eigenvalue weighted by Crippen LogP contribution is -2.17. The maximum absolute atomic E-state index is 12.3. The van der Waals surface area contributed by atoms with E-state index in [2.05, 4.69) is 20.8 Å². The number of methoxy groups -OCH3 is 1. The highest BCUT2D eigenvalue weighted by Gasteiger charge is 2.09. The first kappa shape index (κ1) is 20.0. The van der Waals surface area contributed by atoms with Gasteiger partial charge in [-0.1, -0.05) is 11.6 Å². The third-order valence-electron chi connectivity index (χ3n) is 3.89. The molecule has 148 valence electrons. The van der Waals surface area contributed by atoms with Crippen molar-refractivity contribution in [3.63, 3.8) is 0 Å². The van der Waals surface area contributed by atoms with Gasteiger partial charge in [-0.25, -0.2) is 5.43 Å². The third kappa shape index (κ3) is 5.14. The van der Waals surface area contributed by atoms with E-state index in [0.29, 0.717) is 22.7 Å². The Balaban J connectivity index is 1.58. The van der Waals surface area contributed by atoms with Crippen LogP contribution in [-0.4, -0.2) is 35.2 Å². The van der Waals surface area contributed by atoms with Crippen LogP contribution < -0.4 is 15.5 Å². The number of ether oxygens (including phenoxy) is 1. The van der Waals surface area contributed by atoms with Crippen LogP contribution >= 0.6 is 11.6 Å². The fourth-order valence-electron chi connectivity index (χ4n) is 2.37. The molecule has 2 aromatic carbocycles. The molecule has 0 bridgehead atoms. The molecule has 3 rings (SSSR count). The van der Waals surface area contributed by atoms with Gasteiger partial charge in [-0.15, -0.1) is 0 Å². The number of nitrogens with one attached hydrogen (secondary N) is 3. The summed E-state index contributed by atoms with van der Waals surface area (Å²) in [6, 6.07) is 12.6. The highest BCUT2D eigenvalue weighted by atomic mass is 35.5. The number of carbonyl (C=O) groups excluding carboxylic acids is 2. The average molecular weight is 413 g/mol. The lowest BCUT2D eigenvalue weighted by Gasteiger charge is -2.04. The van der Waals surface area contributed by atoms with Crippen LogP contribution in [0.5, 0.6) is 11.5 Å². The number of H-pyrrole nitrogens is 1. The van der Waals surface area contributed by atoms with Crippen LogP contribution in [0.4, 0.5) is 5.69 Å². The first-order chi connectivity index (χ1) is 14.0. The number of aromatic amines is 1. The van der Waals surface area contributed by atoms with Gasteiger partial charge >= 0.3 is 0 Å². The Bertz CT molecular complexity index is 1060. The second-order valence-corrected chi connectivity index (χ2v) is 6.30. The van der Waals surface area contributed by atoms with Crippen molar-refractivity contribution in [3.05, 3.63) is 76.6 Å². The lowest BCUT2D eigenvalue weighted by molar-refractivity contribution is 0.0954. The first-order valence-electron chi connectivity index (χ1n) is 8.42. The third-order valence-corrected chi connectivity index (χ3v) is 4.19. The summed E-state index contributed by atoms with van der Waals surface area (Å²) in [5.41, 5.74) is 4.15. The van der Waals surface area contributed by atoms with Gasteiger partial charge in [0.2, 0.25) is 0 Å². The molecule has 0 spiro atoms. The van der Waals surface area contributed by atoms with Crippen molar-refractivity contribution in [2.24, 2.45) is 5.10 Å². The largest absolute Gasteiger partial charge is 0.506 e. The second kappa shape index (κ2) is 8.94. The smallest absolute Gasteiger partial charge is 0.272 e. The molecule has 0 aliphatic rings. The van der Waals surface area contributed by atoms with Crippen LogP contribution in [0, 0.1) is 0 Å². The van der Waals surface area contributed by atoms with E-state index in [1.54, 1.807) is 43.6 Å². The summed E-state index contributed by atoms with van der Waals surface area (Å²) in [7, 11) is 1.57. The molecular weight excluding hydrogens is 396 g/mol. The molecule has 0 radical (unpaired) electrons. The second-order valence-electron chi connectivity index (χ2n) is 5.89. The molecule has 1 aromatic heterocycles. The van der Waals surface area contributed by atoms with Crippen molar-refractivity contribution >= 4 is 35.3 Å². The summed E-state index contributed by atoms with van der Waals surface area (Å²) in [6.07, 6.45) is 2.97. The van der Waals surface area contributed by atoms with Crippen molar-refractivity contribution in [2.45, 2.75) is 0 Å². The van der Waals surface area contributed by atoms with Crippen molar-refractivity contribution in [3.8, 4) is 11.5 Å². The summed E-state index contributed by atoms with van der Waals surface area (Å²) in [6.45, 7) is 0. The lowest BCUT2D eigenvalue weighted by atomic mass is 10.2. The molecule has 0 unspecified atom stereocenters. The molecule has 0 aliphatic heterocycles. The monoisotopic (exact) mass is 412 g/mol. The zero-order chi connectivity index (χ0) is 20.8. The van der Waals surface area contributed by atoms with Crippen molar-refractivity contribution < 1.29 is 19.4 Å². The number of hydrogen-bond acceptors (Lipinski definition) is 5. The number of hydrazone groups is 1. The predicted octanol–water partition coefficient (Wildman–Crippen LogP) is 3.40. The number of aromatic hydroxyl groups is 1. The number of amides is 2. The van der Waals surface area contributed by atoms with E-state index in [9.17, 15) is 14.7 Å². The molecule has 0 saturated heterocycles. The summed E-state index contributed by atoms with van der Waals surface area (Å²) < 4.78 is 5.07. The fourth-order valence-corrected chi connectivity index (χ4v) is 2.55. The molecule has 8 nitrogen and oxygen atoms in total. The number of nitrogens with zero attached hydrogens (tertiary/aromatic N) is 1. The summed E-state index contributed by atoms with van der Waals surface area (Å²) in [4.78, 5) is 27.1. The van der Waals surface area contributed by atoms with E-state index in [4.69, 9.17) is 16.3 Å². The van der Waals surface area contributed by atoms with Crippen molar-refractivity contribution in [1.82, 2.24) is 10.4 Å². The van der Waals surface area contributed by atoms with Crippen LogP contribution in [0.15, 0.2) is 59.8 Å². The summed E-state index contributed by atoms with van der Waals surface area (Å²) >= 11 is 5.78. The van der Waals surface area contributed by atoms with Gasteiger partial charge in [-0.2, -0.15) is 5.10 Å². The van der Waals surface area contributed by atoms with E-state index < -0.39 is 5.91 Å².